The number of hydrogen-bond acceptors (Lipinski definition) is 5. The molecule has 1 saturated heterocycles. The molecule has 0 bridgehead atoms. The number of likely N-dealkylation sites (N-methyl/N-ethyl adjacent to an activating group) is 1. The second kappa shape index (κ2) is 9.53. The molecule has 4 atom stereocenters. The minimum atomic E-state index is -1.27. The van der Waals surface area contributed by atoms with E-state index in [0.717, 1.165) is 29.0 Å². The molecular formula is C30H27F3N4O3. The lowest BCUT2D eigenvalue weighted by Gasteiger charge is -2.42. The zero-order valence-electron chi connectivity index (χ0n) is 22.0. The Kier molecular flexibility index (Phi) is 6.23. The largest absolute Gasteiger partial charge is 0.339 e. The summed E-state index contributed by atoms with van der Waals surface area (Å²) in [6, 6.07) is 6.41. The number of hydrogen-bond donors (Lipinski definition) is 1. The molecule has 3 aromatic rings. The third-order valence-electron chi connectivity index (χ3n) is 8.80. The number of pyridine rings is 2. The normalized spacial score (nSPS) is 25.2. The Hall–Kier alpha value is -4.08. The van der Waals surface area contributed by atoms with Gasteiger partial charge in [-0.3, -0.25) is 19.4 Å². The van der Waals surface area contributed by atoms with Crippen molar-refractivity contribution in [3.8, 4) is 0 Å². The average molecular weight is 549 g/mol. The smallest absolute Gasteiger partial charge is 0.237 e. The van der Waals surface area contributed by atoms with E-state index in [-0.39, 0.29) is 37.0 Å². The van der Waals surface area contributed by atoms with E-state index in [1.807, 2.05) is 6.07 Å². The summed E-state index contributed by atoms with van der Waals surface area (Å²) in [5.74, 6) is -5.21. The predicted octanol–water partition coefficient (Wildman–Crippen LogP) is 4.50. The van der Waals surface area contributed by atoms with Crippen LogP contribution in [0.25, 0.3) is 0 Å². The van der Waals surface area contributed by atoms with Crippen molar-refractivity contribution >= 4 is 23.4 Å². The van der Waals surface area contributed by atoms with Crippen molar-refractivity contribution in [2.45, 2.75) is 56.9 Å². The quantitative estimate of drug-likeness (QED) is 0.375. The van der Waals surface area contributed by atoms with Gasteiger partial charge in [0.05, 0.1) is 5.41 Å². The fourth-order valence-corrected chi connectivity index (χ4v) is 6.72. The molecule has 2 amide bonds. The van der Waals surface area contributed by atoms with Crippen LogP contribution in [-0.4, -0.2) is 45.1 Å². The zero-order valence-corrected chi connectivity index (χ0v) is 22.0. The first-order valence-corrected chi connectivity index (χ1v) is 13.4. The molecule has 1 fully saturated rings. The summed E-state index contributed by atoms with van der Waals surface area (Å²) in [6.45, 7) is 3.71. The first-order valence-electron chi connectivity index (χ1n) is 13.4. The third-order valence-corrected chi connectivity index (χ3v) is 8.80. The summed E-state index contributed by atoms with van der Waals surface area (Å²) in [7, 11) is 0. The Morgan fingerprint density at radius 1 is 1.12 bits per heavy atom. The van der Waals surface area contributed by atoms with Gasteiger partial charge in [-0.05, 0) is 56.5 Å². The molecule has 40 heavy (non-hydrogen) atoms. The number of carbonyl (C=O) groups excluding carboxylic acids is 3. The summed E-state index contributed by atoms with van der Waals surface area (Å²) >= 11 is 0. The second-order valence-electron chi connectivity index (χ2n) is 10.9. The highest BCUT2D eigenvalue weighted by atomic mass is 19.2. The SMILES string of the molecule is CCN1C(=O)[C@@H](CC(=O)c2cnc3c(c2)C[C@@]2(C3)C(=O)Nc3ncccc32)C[C@@H](c2c(F)ccc(F)c2F)[C@H]1C. The van der Waals surface area contributed by atoms with E-state index in [0.29, 0.717) is 24.2 Å². The van der Waals surface area contributed by atoms with Crippen molar-refractivity contribution in [1.82, 2.24) is 14.9 Å². The van der Waals surface area contributed by atoms with Crippen LogP contribution in [0.5, 0.6) is 0 Å². The summed E-state index contributed by atoms with van der Waals surface area (Å²) in [5, 5.41) is 2.84. The molecule has 10 heteroatoms. The molecule has 2 aromatic heterocycles. The maximum absolute atomic E-state index is 14.8. The van der Waals surface area contributed by atoms with Gasteiger partial charge in [-0.2, -0.15) is 0 Å². The van der Waals surface area contributed by atoms with Crippen LogP contribution < -0.4 is 5.32 Å². The number of carbonyl (C=O) groups is 3. The summed E-state index contributed by atoms with van der Waals surface area (Å²) in [5.41, 5.74) is 1.37. The lowest BCUT2D eigenvalue weighted by atomic mass is 9.76. The van der Waals surface area contributed by atoms with Gasteiger partial charge in [0.15, 0.2) is 17.4 Å². The number of likely N-dealkylation sites (tertiary alicyclic amines) is 1. The Balaban J connectivity index is 1.26. The first-order chi connectivity index (χ1) is 19.1. The number of nitrogens with one attached hydrogen (secondary N) is 1. The Morgan fingerprint density at radius 2 is 1.90 bits per heavy atom. The monoisotopic (exact) mass is 548 g/mol. The van der Waals surface area contributed by atoms with Crippen LogP contribution in [0.1, 0.15) is 65.3 Å². The molecule has 1 aliphatic carbocycles. The van der Waals surface area contributed by atoms with Crippen LogP contribution in [0.15, 0.2) is 42.7 Å². The minimum absolute atomic E-state index is 0.00493. The molecule has 2 aliphatic heterocycles. The van der Waals surface area contributed by atoms with Gasteiger partial charge in [-0.1, -0.05) is 6.07 Å². The predicted molar refractivity (Wildman–Crippen MR) is 139 cm³/mol. The number of Topliss-reactive ketones (excluding diaryl/α,β-unsaturated/α-hetero) is 1. The van der Waals surface area contributed by atoms with E-state index in [1.54, 1.807) is 32.2 Å². The minimum Gasteiger partial charge on any atom is -0.339 e. The lowest BCUT2D eigenvalue weighted by Crippen LogP contribution is -2.50. The summed E-state index contributed by atoms with van der Waals surface area (Å²) in [4.78, 5) is 50.0. The number of piperidine rings is 1. The number of amides is 2. The highest BCUT2D eigenvalue weighted by Crippen LogP contribution is 2.46. The van der Waals surface area contributed by atoms with Gasteiger partial charge >= 0.3 is 0 Å². The maximum atomic E-state index is 14.8. The zero-order chi connectivity index (χ0) is 28.3. The molecular weight excluding hydrogens is 521 g/mol. The number of ketones is 1. The molecule has 3 aliphatic rings. The topological polar surface area (TPSA) is 92.3 Å². The Morgan fingerprint density at radius 3 is 2.67 bits per heavy atom. The molecule has 6 rings (SSSR count). The summed E-state index contributed by atoms with van der Waals surface area (Å²) < 4.78 is 43.5. The van der Waals surface area contributed by atoms with Crippen molar-refractivity contribution < 1.29 is 27.6 Å². The van der Waals surface area contributed by atoms with Gasteiger partial charge in [-0.15, -0.1) is 0 Å². The highest BCUT2D eigenvalue weighted by Gasteiger charge is 2.52. The molecule has 0 radical (unpaired) electrons. The van der Waals surface area contributed by atoms with Crippen LogP contribution in [0, 0.1) is 23.4 Å². The fourth-order valence-electron chi connectivity index (χ4n) is 6.72. The van der Waals surface area contributed by atoms with Crippen LogP contribution in [0.2, 0.25) is 0 Å². The Labute approximate surface area is 228 Å². The van der Waals surface area contributed by atoms with Gasteiger partial charge < -0.3 is 10.2 Å². The van der Waals surface area contributed by atoms with E-state index in [1.165, 1.54) is 11.1 Å². The molecule has 0 saturated carbocycles. The molecule has 7 nitrogen and oxygen atoms in total. The van der Waals surface area contributed by atoms with Crippen LogP contribution in [0.4, 0.5) is 19.0 Å². The highest BCUT2D eigenvalue weighted by molar-refractivity contribution is 6.06. The van der Waals surface area contributed by atoms with Crippen molar-refractivity contribution in [3.63, 3.8) is 0 Å². The number of nitrogens with zero attached hydrogens (tertiary/aromatic N) is 3. The summed E-state index contributed by atoms with van der Waals surface area (Å²) in [6.07, 6.45) is 3.64. The van der Waals surface area contributed by atoms with Gasteiger partial charge in [0.2, 0.25) is 11.8 Å². The van der Waals surface area contributed by atoms with Gasteiger partial charge in [0.25, 0.3) is 0 Å². The third kappa shape index (κ3) is 3.91. The molecule has 1 aromatic carbocycles. The van der Waals surface area contributed by atoms with Crippen LogP contribution in [0.3, 0.4) is 0 Å². The van der Waals surface area contributed by atoms with Crippen molar-refractivity contribution in [1.29, 1.82) is 0 Å². The molecule has 4 heterocycles. The van der Waals surface area contributed by atoms with Gasteiger partial charge in [-0.25, -0.2) is 18.2 Å². The van der Waals surface area contributed by atoms with E-state index < -0.39 is 46.3 Å². The molecule has 1 spiro atoms. The number of rotatable bonds is 5. The van der Waals surface area contributed by atoms with E-state index in [9.17, 15) is 27.6 Å². The van der Waals surface area contributed by atoms with Crippen molar-refractivity contribution in [2.24, 2.45) is 5.92 Å². The lowest BCUT2D eigenvalue weighted by molar-refractivity contribution is -0.142. The van der Waals surface area contributed by atoms with E-state index in [2.05, 4.69) is 15.3 Å². The molecule has 206 valence electrons. The average Bonchev–Trinajstić information content (AvgIpc) is 3.46. The number of aromatic nitrogens is 2. The number of fused-ring (bicyclic) bond motifs is 3. The molecule has 1 N–H and O–H groups in total. The van der Waals surface area contributed by atoms with E-state index >= 15 is 0 Å². The number of benzene rings is 1. The fraction of sp³-hybridized carbons (Fsp3) is 0.367. The number of anilines is 1. The maximum Gasteiger partial charge on any atom is 0.237 e. The Bertz CT molecular complexity index is 1580. The first kappa shape index (κ1) is 26.2. The second-order valence-corrected chi connectivity index (χ2v) is 10.9. The van der Waals surface area contributed by atoms with Crippen molar-refractivity contribution in [2.75, 3.05) is 11.9 Å². The van der Waals surface area contributed by atoms with Gasteiger partial charge in [0, 0.05) is 72.0 Å². The molecule has 0 unspecified atom stereocenters. The van der Waals surface area contributed by atoms with Gasteiger partial charge in [0.1, 0.15) is 11.6 Å². The number of halogens is 3. The standard InChI is InChI=1S/C30H27F3N4O3/c1-3-37-15(2)19(25-21(31)6-7-22(32)26(25)33)10-16(28(37)39)11-24(38)18-9-17-12-30(13-23(17)35-14-18)20-5-4-8-34-27(20)36-29(30)40/h4-9,14-16,19H,3,10-13H2,1-2H3,(H,34,36,40)/t15-,16-,19-,30+/m1/s1. The van der Waals surface area contributed by atoms with Crippen molar-refractivity contribution in [3.05, 3.63) is 88.1 Å². The van der Waals surface area contributed by atoms with Crippen LogP contribution >= 0.6 is 0 Å². The van der Waals surface area contributed by atoms with E-state index in [4.69, 9.17) is 0 Å². The van der Waals surface area contributed by atoms with Crippen LogP contribution in [-0.2, 0) is 27.8 Å².